The van der Waals surface area contributed by atoms with E-state index in [4.69, 9.17) is 27.9 Å². The molecule has 0 aliphatic rings. The summed E-state index contributed by atoms with van der Waals surface area (Å²) in [6.45, 7) is 2.39. The summed E-state index contributed by atoms with van der Waals surface area (Å²) in [6.07, 6.45) is 0. The van der Waals surface area contributed by atoms with Crippen LogP contribution in [0.15, 0.2) is 18.2 Å². The molecule has 0 heterocycles. The van der Waals surface area contributed by atoms with Crippen molar-refractivity contribution in [3.05, 3.63) is 28.8 Å². The minimum absolute atomic E-state index is 0.370. The minimum Gasteiger partial charge on any atom is -0.492 e. The van der Waals surface area contributed by atoms with Gasteiger partial charge >= 0.3 is 0 Å². The van der Waals surface area contributed by atoms with E-state index in [1.165, 1.54) is 6.07 Å². The van der Waals surface area contributed by atoms with Crippen molar-refractivity contribution in [2.24, 2.45) is 0 Å². The Balaban J connectivity index is 2.98. The molecule has 4 heteroatoms. The fourth-order valence-electron chi connectivity index (χ4n) is 0.896. The van der Waals surface area contributed by atoms with Crippen molar-refractivity contribution < 1.29 is 9.53 Å². The van der Waals surface area contributed by atoms with Crippen LogP contribution in [-0.4, -0.2) is 11.8 Å². The molecule has 0 radical (unpaired) electrons. The molecule has 0 aromatic heterocycles. The van der Waals surface area contributed by atoms with Crippen LogP contribution in [0.25, 0.3) is 0 Å². The van der Waals surface area contributed by atoms with Crippen molar-refractivity contribution in [2.75, 3.05) is 6.61 Å². The van der Waals surface area contributed by atoms with E-state index in [9.17, 15) is 4.79 Å². The fraction of sp³-hybridized carbons (Fsp3) is 0.222. The lowest BCUT2D eigenvalue weighted by molar-refractivity contribution is 0.108. The highest BCUT2D eigenvalue weighted by atomic mass is 35.5. The molecule has 0 aliphatic heterocycles. The van der Waals surface area contributed by atoms with E-state index in [1.54, 1.807) is 12.1 Å². The molecule has 1 aromatic carbocycles. The second-order valence-electron chi connectivity index (χ2n) is 2.35. The summed E-state index contributed by atoms with van der Waals surface area (Å²) < 4.78 is 5.19. The highest BCUT2D eigenvalue weighted by molar-refractivity contribution is 6.67. The van der Waals surface area contributed by atoms with Crippen molar-refractivity contribution in [3.8, 4) is 5.75 Å². The van der Waals surface area contributed by atoms with Gasteiger partial charge in [0.1, 0.15) is 5.75 Å². The van der Waals surface area contributed by atoms with Crippen LogP contribution in [0.4, 0.5) is 0 Å². The van der Waals surface area contributed by atoms with E-state index < -0.39 is 5.24 Å². The Morgan fingerprint density at radius 3 is 2.69 bits per heavy atom. The van der Waals surface area contributed by atoms with Gasteiger partial charge < -0.3 is 4.74 Å². The topological polar surface area (TPSA) is 26.3 Å². The van der Waals surface area contributed by atoms with Crippen LogP contribution in [0.3, 0.4) is 0 Å². The molecule has 0 unspecified atom stereocenters. The molecule has 0 N–H and O–H groups in total. The monoisotopic (exact) mass is 218 g/mol. The molecule has 0 saturated carbocycles. The first-order chi connectivity index (χ1) is 6.15. The summed E-state index contributed by atoms with van der Waals surface area (Å²) >= 11 is 11.1. The first-order valence-corrected chi connectivity index (χ1v) is 4.53. The van der Waals surface area contributed by atoms with Crippen LogP contribution >= 0.6 is 23.2 Å². The third-order valence-electron chi connectivity index (χ3n) is 1.46. The predicted octanol–water partition coefficient (Wildman–Crippen LogP) is 3.12. The van der Waals surface area contributed by atoms with Crippen molar-refractivity contribution >= 4 is 28.4 Å². The maximum absolute atomic E-state index is 10.7. The zero-order valence-corrected chi connectivity index (χ0v) is 8.52. The molecule has 13 heavy (non-hydrogen) atoms. The number of halogens is 2. The molecule has 70 valence electrons. The van der Waals surface area contributed by atoms with Gasteiger partial charge in [-0.05, 0) is 36.7 Å². The number of rotatable bonds is 3. The zero-order chi connectivity index (χ0) is 9.84. The Bertz CT molecular complexity index is 323. The maximum Gasteiger partial charge on any atom is 0.252 e. The van der Waals surface area contributed by atoms with Crippen LogP contribution in [0.1, 0.15) is 17.3 Å². The van der Waals surface area contributed by atoms with Gasteiger partial charge in [-0.2, -0.15) is 0 Å². The lowest BCUT2D eigenvalue weighted by Crippen LogP contribution is -1.94. The van der Waals surface area contributed by atoms with Crippen molar-refractivity contribution in [1.82, 2.24) is 0 Å². The van der Waals surface area contributed by atoms with Crippen LogP contribution in [0.2, 0.25) is 5.02 Å². The Morgan fingerprint density at radius 1 is 1.54 bits per heavy atom. The average molecular weight is 219 g/mol. The molecule has 1 aromatic rings. The summed E-state index contributed by atoms with van der Waals surface area (Å²) in [5, 5.41) is -0.127. The molecule has 0 atom stereocenters. The van der Waals surface area contributed by atoms with E-state index in [-0.39, 0.29) is 0 Å². The largest absolute Gasteiger partial charge is 0.492 e. The van der Waals surface area contributed by atoms with Gasteiger partial charge in [0.2, 0.25) is 0 Å². The summed E-state index contributed by atoms with van der Waals surface area (Å²) in [5.74, 6) is 0.561. The van der Waals surface area contributed by atoms with Crippen molar-refractivity contribution in [3.63, 3.8) is 0 Å². The fourth-order valence-corrected chi connectivity index (χ4v) is 1.25. The molecule has 0 fully saturated rings. The molecule has 0 saturated heterocycles. The Hall–Kier alpha value is -0.730. The second kappa shape index (κ2) is 4.49. The number of carbonyl (C=O) groups is 1. The third-order valence-corrected chi connectivity index (χ3v) is 1.97. The first-order valence-electron chi connectivity index (χ1n) is 3.77. The average Bonchev–Trinajstić information content (AvgIpc) is 2.08. The normalized spacial score (nSPS) is 9.77. The van der Waals surface area contributed by atoms with Gasteiger partial charge in [-0.1, -0.05) is 11.6 Å². The molecule has 0 spiro atoms. The molecule has 1 rings (SSSR count). The van der Waals surface area contributed by atoms with E-state index in [0.29, 0.717) is 22.9 Å². The predicted molar refractivity (Wildman–Crippen MR) is 52.8 cm³/mol. The number of ether oxygens (including phenoxy) is 1. The molecular weight excluding hydrogens is 211 g/mol. The summed E-state index contributed by atoms with van der Waals surface area (Å²) in [5.41, 5.74) is 0.370. The third kappa shape index (κ3) is 2.61. The van der Waals surface area contributed by atoms with Crippen molar-refractivity contribution in [1.29, 1.82) is 0 Å². The molecule has 0 amide bonds. The summed E-state index contributed by atoms with van der Waals surface area (Å²) in [4.78, 5) is 10.7. The molecular formula is C9H8Cl2O2. The highest BCUT2D eigenvalue weighted by Crippen LogP contribution is 2.25. The van der Waals surface area contributed by atoms with Gasteiger partial charge in [0.05, 0.1) is 11.6 Å². The van der Waals surface area contributed by atoms with Crippen LogP contribution < -0.4 is 4.74 Å². The Labute approximate surface area is 86.4 Å². The second-order valence-corrected chi connectivity index (χ2v) is 3.10. The van der Waals surface area contributed by atoms with Gasteiger partial charge in [0.15, 0.2) is 0 Å². The van der Waals surface area contributed by atoms with Gasteiger partial charge in [-0.3, -0.25) is 4.79 Å². The Morgan fingerprint density at radius 2 is 2.23 bits per heavy atom. The smallest absolute Gasteiger partial charge is 0.252 e. The summed E-state index contributed by atoms with van der Waals surface area (Å²) in [6, 6.07) is 4.69. The number of benzene rings is 1. The highest BCUT2D eigenvalue weighted by Gasteiger charge is 2.06. The van der Waals surface area contributed by atoms with E-state index in [2.05, 4.69) is 0 Å². The number of hydrogen-bond donors (Lipinski definition) is 0. The van der Waals surface area contributed by atoms with Gasteiger partial charge in [-0.25, -0.2) is 0 Å². The van der Waals surface area contributed by atoms with Gasteiger partial charge in [0.25, 0.3) is 5.24 Å². The number of carbonyl (C=O) groups excluding carboxylic acids is 1. The molecule has 2 nitrogen and oxygen atoms in total. The standard InChI is InChI=1S/C9H8Cl2O2/c1-2-13-8-4-3-6(9(11)12)5-7(8)10/h3-5H,2H2,1H3. The van der Waals surface area contributed by atoms with Crippen LogP contribution in [-0.2, 0) is 0 Å². The molecule has 0 bridgehead atoms. The van der Waals surface area contributed by atoms with Crippen molar-refractivity contribution in [2.45, 2.75) is 6.92 Å². The maximum atomic E-state index is 10.7. The minimum atomic E-state index is -0.523. The SMILES string of the molecule is CCOc1ccc(C(=O)Cl)cc1Cl. The zero-order valence-electron chi connectivity index (χ0n) is 7.01. The lowest BCUT2D eigenvalue weighted by Gasteiger charge is -2.05. The Kier molecular flexibility index (Phi) is 3.58. The van der Waals surface area contributed by atoms with Gasteiger partial charge in [0, 0.05) is 5.56 Å². The first kappa shape index (κ1) is 10.4. The quantitative estimate of drug-likeness (QED) is 0.730. The van der Waals surface area contributed by atoms with Crippen LogP contribution in [0, 0.1) is 0 Å². The lowest BCUT2D eigenvalue weighted by atomic mass is 10.2. The number of hydrogen-bond acceptors (Lipinski definition) is 2. The van der Waals surface area contributed by atoms with Crippen LogP contribution in [0.5, 0.6) is 5.75 Å². The van der Waals surface area contributed by atoms with E-state index in [0.717, 1.165) is 0 Å². The van der Waals surface area contributed by atoms with E-state index in [1.807, 2.05) is 6.92 Å². The molecule has 0 aliphatic carbocycles. The summed E-state index contributed by atoms with van der Waals surface area (Å²) in [7, 11) is 0. The van der Waals surface area contributed by atoms with Gasteiger partial charge in [-0.15, -0.1) is 0 Å². The van der Waals surface area contributed by atoms with E-state index >= 15 is 0 Å².